The number of nitrogens with zero attached hydrogens (tertiary/aromatic N) is 4. The van der Waals surface area contributed by atoms with Crippen LogP contribution in [0.5, 0.6) is 0 Å². The Kier molecular flexibility index (Phi) is 5.17. The van der Waals surface area contributed by atoms with Crippen molar-refractivity contribution >= 4 is 22.4 Å². The summed E-state index contributed by atoms with van der Waals surface area (Å²) in [4.78, 5) is 24.2. The molecule has 0 fully saturated rings. The van der Waals surface area contributed by atoms with Crippen LogP contribution in [0.1, 0.15) is 24.8 Å². The van der Waals surface area contributed by atoms with Crippen LogP contribution >= 0.6 is 11.3 Å². The van der Waals surface area contributed by atoms with E-state index in [0.717, 1.165) is 9.69 Å². The molecule has 2 heterocycles. The van der Waals surface area contributed by atoms with Crippen LogP contribution in [-0.2, 0) is 11.3 Å². The number of amides is 1. The van der Waals surface area contributed by atoms with Gasteiger partial charge in [-0.2, -0.15) is 5.10 Å². The van der Waals surface area contributed by atoms with Gasteiger partial charge in [0, 0.05) is 17.5 Å². The molecule has 134 valence electrons. The van der Waals surface area contributed by atoms with Gasteiger partial charge in [-0.1, -0.05) is 37.3 Å². The zero-order chi connectivity index (χ0) is 18.7. The van der Waals surface area contributed by atoms with Crippen molar-refractivity contribution in [2.45, 2.75) is 26.3 Å². The van der Waals surface area contributed by atoms with Gasteiger partial charge in [0.1, 0.15) is 17.4 Å². The van der Waals surface area contributed by atoms with Gasteiger partial charge in [0.25, 0.3) is 5.56 Å². The zero-order valence-corrected chi connectivity index (χ0v) is 15.0. The van der Waals surface area contributed by atoms with Gasteiger partial charge in [-0.15, -0.1) is 10.2 Å². The number of rotatable bonds is 5. The van der Waals surface area contributed by atoms with Gasteiger partial charge >= 0.3 is 0 Å². The van der Waals surface area contributed by atoms with E-state index < -0.39 is 17.3 Å². The molecular weight excluding hydrogens is 357 g/mol. The minimum absolute atomic E-state index is 0.208. The Morgan fingerprint density at radius 3 is 2.69 bits per heavy atom. The molecule has 0 aliphatic heterocycles. The standard InChI is InChI=1S/C17H16FN5O2S/c1-10(2)16-20-21-17(26-16)19-14(24)9-23-15(25)8-7-13(22-23)11-5-3-4-6-12(11)18/h3-8,10H,9H2,1-2H3,(H,19,21,24). The number of anilines is 1. The monoisotopic (exact) mass is 373 g/mol. The van der Waals surface area contributed by atoms with Crippen molar-refractivity contribution in [2.24, 2.45) is 0 Å². The van der Waals surface area contributed by atoms with Crippen LogP contribution in [0.4, 0.5) is 9.52 Å². The number of aromatic nitrogens is 4. The van der Waals surface area contributed by atoms with Gasteiger partial charge in [-0.05, 0) is 18.2 Å². The van der Waals surface area contributed by atoms with Crippen molar-refractivity contribution in [3.05, 3.63) is 57.6 Å². The molecule has 7 nitrogen and oxygen atoms in total. The van der Waals surface area contributed by atoms with E-state index in [1.165, 1.54) is 29.5 Å². The molecule has 1 amide bonds. The van der Waals surface area contributed by atoms with Crippen molar-refractivity contribution in [1.82, 2.24) is 20.0 Å². The molecule has 3 aromatic rings. The highest BCUT2D eigenvalue weighted by Gasteiger charge is 2.13. The molecule has 0 aliphatic rings. The molecule has 1 N–H and O–H groups in total. The number of carbonyl (C=O) groups is 1. The maximum Gasteiger partial charge on any atom is 0.267 e. The lowest BCUT2D eigenvalue weighted by Crippen LogP contribution is -2.29. The first-order valence-electron chi connectivity index (χ1n) is 7.90. The number of hydrogen-bond acceptors (Lipinski definition) is 6. The van der Waals surface area contributed by atoms with Gasteiger partial charge in [-0.25, -0.2) is 9.07 Å². The maximum absolute atomic E-state index is 13.9. The van der Waals surface area contributed by atoms with Gasteiger partial charge < -0.3 is 0 Å². The lowest BCUT2D eigenvalue weighted by molar-refractivity contribution is -0.117. The molecular formula is C17H16FN5O2S. The molecule has 0 bridgehead atoms. The van der Waals surface area contributed by atoms with E-state index in [1.54, 1.807) is 18.2 Å². The molecule has 0 spiro atoms. The summed E-state index contributed by atoms with van der Waals surface area (Å²) in [5.41, 5.74) is 0.0706. The van der Waals surface area contributed by atoms with Crippen molar-refractivity contribution in [3.8, 4) is 11.3 Å². The van der Waals surface area contributed by atoms with E-state index in [1.807, 2.05) is 13.8 Å². The fraction of sp³-hybridized carbons (Fsp3) is 0.235. The summed E-state index contributed by atoms with van der Waals surface area (Å²) in [5, 5.41) is 15.7. The molecule has 26 heavy (non-hydrogen) atoms. The first-order chi connectivity index (χ1) is 12.4. The quantitative estimate of drug-likeness (QED) is 0.743. The summed E-state index contributed by atoms with van der Waals surface area (Å²) in [6.07, 6.45) is 0. The van der Waals surface area contributed by atoms with Crippen molar-refractivity contribution in [2.75, 3.05) is 5.32 Å². The number of hydrogen-bond donors (Lipinski definition) is 1. The van der Waals surface area contributed by atoms with E-state index in [0.29, 0.717) is 5.13 Å². The van der Waals surface area contributed by atoms with Crippen LogP contribution in [0.15, 0.2) is 41.2 Å². The lowest BCUT2D eigenvalue weighted by Gasteiger charge is -2.07. The Morgan fingerprint density at radius 2 is 2.00 bits per heavy atom. The van der Waals surface area contributed by atoms with E-state index in [2.05, 4.69) is 20.6 Å². The topological polar surface area (TPSA) is 89.8 Å². The predicted octanol–water partition coefficient (Wildman–Crippen LogP) is 2.66. The third-order valence-electron chi connectivity index (χ3n) is 3.49. The molecule has 0 atom stereocenters. The summed E-state index contributed by atoms with van der Waals surface area (Å²) >= 11 is 1.27. The van der Waals surface area contributed by atoms with Crippen molar-refractivity contribution in [1.29, 1.82) is 0 Å². The average molecular weight is 373 g/mol. The second-order valence-electron chi connectivity index (χ2n) is 5.84. The zero-order valence-electron chi connectivity index (χ0n) is 14.1. The second kappa shape index (κ2) is 7.52. The van der Waals surface area contributed by atoms with Crippen LogP contribution in [0.25, 0.3) is 11.3 Å². The first kappa shape index (κ1) is 17.9. The molecule has 3 rings (SSSR count). The SMILES string of the molecule is CC(C)c1nnc(NC(=O)Cn2nc(-c3ccccc3F)ccc2=O)s1. The summed E-state index contributed by atoms with van der Waals surface area (Å²) in [5.74, 6) is -0.707. The third kappa shape index (κ3) is 3.99. The second-order valence-corrected chi connectivity index (χ2v) is 6.85. The molecule has 0 saturated heterocycles. The van der Waals surface area contributed by atoms with Crippen LogP contribution < -0.4 is 10.9 Å². The number of carbonyl (C=O) groups excluding carboxylic acids is 1. The largest absolute Gasteiger partial charge is 0.299 e. The van der Waals surface area contributed by atoms with Gasteiger partial charge in [0.15, 0.2) is 0 Å². The lowest BCUT2D eigenvalue weighted by atomic mass is 10.1. The number of benzene rings is 1. The van der Waals surface area contributed by atoms with Gasteiger partial charge in [-0.3, -0.25) is 14.9 Å². The smallest absolute Gasteiger partial charge is 0.267 e. The fourth-order valence-electron chi connectivity index (χ4n) is 2.19. The molecule has 9 heteroatoms. The van der Waals surface area contributed by atoms with E-state index in [-0.39, 0.29) is 23.7 Å². The summed E-state index contributed by atoms with van der Waals surface area (Å²) in [6, 6.07) is 8.78. The highest BCUT2D eigenvalue weighted by atomic mass is 32.1. The molecule has 2 aromatic heterocycles. The Labute approximate surface area is 152 Å². The normalized spacial score (nSPS) is 10.9. The van der Waals surface area contributed by atoms with Crippen molar-refractivity contribution < 1.29 is 9.18 Å². The molecule has 0 aliphatic carbocycles. The molecule has 0 saturated carbocycles. The highest BCUT2D eigenvalue weighted by molar-refractivity contribution is 7.15. The minimum Gasteiger partial charge on any atom is -0.299 e. The minimum atomic E-state index is -0.461. The first-order valence-corrected chi connectivity index (χ1v) is 8.72. The van der Waals surface area contributed by atoms with Crippen LogP contribution in [0.2, 0.25) is 0 Å². The van der Waals surface area contributed by atoms with Crippen LogP contribution in [0.3, 0.4) is 0 Å². The average Bonchev–Trinajstić information content (AvgIpc) is 3.06. The molecule has 0 unspecified atom stereocenters. The van der Waals surface area contributed by atoms with E-state index in [9.17, 15) is 14.0 Å². The number of halogens is 1. The molecule has 1 aromatic carbocycles. The maximum atomic E-state index is 13.9. The van der Waals surface area contributed by atoms with Gasteiger partial charge in [0.2, 0.25) is 11.0 Å². The fourth-order valence-corrected chi connectivity index (χ4v) is 2.95. The molecule has 0 radical (unpaired) electrons. The Balaban J connectivity index is 1.78. The number of nitrogens with one attached hydrogen (secondary N) is 1. The summed E-state index contributed by atoms with van der Waals surface area (Å²) in [7, 11) is 0. The van der Waals surface area contributed by atoms with Gasteiger partial charge in [0.05, 0.1) is 5.69 Å². The van der Waals surface area contributed by atoms with Crippen LogP contribution in [0, 0.1) is 5.82 Å². The highest BCUT2D eigenvalue weighted by Crippen LogP contribution is 2.22. The van der Waals surface area contributed by atoms with Crippen LogP contribution in [-0.4, -0.2) is 25.9 Å². The Bertz CT molecular complexity index is 999. The summed E-state index contributed by atoms with van der Waals surface area (Å²) in [6.45, 7) is 3.64. The third-order valence-corrected chi connectivity index (χ3v) is 4.63. The van der Waals surface area contributed by atoms with E-state index in [4.69, 9.17) is 0 Å². The summed E-state index contributed by atoms with van der Waals surface area (Å²) < 4.78 is 14.9. The van der Waals surface area contributed by atoms with E-state index >= 15 is 0 Å². The van der Waals surface area contributed by atoms with Crippen molar-refractivity contribution in [3.63, 3.8) is 0 Å². The Hall–Kier alpha value is -2.94. The predicted molar refractivity (Wildman–Crippen MR) is 96.5 cm³/mol. The Morgan fingerprint density at radius 1 is 1.23 bits per heavy atom.